The highest BCUT2D eigenvalue weighted by Crippen LogP contribution is 2.22. The second-order valence-electron chi connectivity index (χ2n) is 6.68. The topological polar surface area (TPSA) is 83.1 Å². The average molecular weight is 412 g/mol. The van der Waals surface area contributed by atoms with Crippen LogP contribution in [0.25, 0.3) is 11.4 Å². The molecule has 3 aromatic rings. The van der Waals surface area contributed by atoms with Gasteiger partial charge in [0, 0.05) is 12.1 Å². The monoisotopic (exact) mass is 411 g/mol. The molecule has 0 saturated heterocycles. The minimum Gasteiger partial charge on any atom is -0.497 e. The number of benzene rings is 2. The second-order valence-corrected chi connectivity index (χ2v) is 7.62. The van der Waals surface area contributed by atoms with Crippen molar-refractivity contribution in [3.63, 3.8) is 0 Å². The Hall–Kier alpha value is -2.84. The van der Waals surface area contributed by atoms with E-state index in [2.05, 4.69) is 37.5 Å². The number of H-pyrrole nitrogens is 1. The summed E-state index contributed by atoms with van der Waals surface area (Å²) >= 11 is 1.30. The zero-order valence-corrected chi connectivity index (χ0v) is 17.6. The van der Waals surface area contributed by atoms with E-state index in [9.17, 15) is 4.79 Å². The van der Waals surface area contributed by atoms with E-state index >= 15 is 0 Å². The van der Waals surface area contributed by atoms with Crippen LogP contribution in [0, 0.1) is 0 Å². The first kappa shape index (κ1) is 20.9. The summed E-state index contributed by atoms with van der Waals surface area (Å²) in [4.78, 5) is 18.8. The molecular weight excluding hydrogens is 386 g/mol. The molecule has 0 fully saturated rings. The summed E-state index contributed by atoms with van der Waals surface area (Å²) in [5, 5.41) is 10.6. The lowest BCUT2D eigenvalue weighted by molar-refractivity contribution is -0.118. The van der Waals surface area contributed by atoms with Gasteiger partial charge in [-0.25, -0.2) is 4.98 Å². The van der Waals surface area contributed by atoms with Crippen molar-refractivity contribution >= 4 is 17.7 Å². The number of thioether (sulfide) groups is 1. The summed E-state index contributed by atoms with van der Waals surface area (Å²) < 4.78 is 5.16. The molecule has 0 saturated carbocycles. The Morgan fingerprint density at radius 3 is 2.55 bits per heavy atom. The van der Waals surface area contributed by atoms with Gasteiger partial charge in [0.1, 0.15) is 5.75 Å². The fraction of sp³-hybridized carbons (Fsp3) is 0.286. The van der Waals surface area contributed by atoms with Crippen LogP contribution in [0.5, 0.6) is 5.75 Å². The number of rotatable bonds is 9. The Labute approximate surface area is 174 Å². The van der Waals surface area contributed by atoms with Crippen LogP contribution in [-0.4, -0.2) is 59.5 Å². The maximum Gasteiger partial charge on any atom is 0.230 e. The van der Waals surface area contributed by atoms with Gasteiger partial charge in [0.15, 0.2) is 5.82 Å². The Morgan fingerprint density at radius 2 is 1.90 bits per heavy atom. The van der Waals surface area contributed by atoms with Crippen LogP contribution in [0.15, 0.2) is 59.8 Å². The van der Waals surface area contributed by atoms with E-state index in [0.29, 0.717) is 17.5 Å². The quantitative estimate of drug-likeness (QED) is 0.527. The highest BCUT2D eigenvalue weighted by atomic mass is 32.2. The molecule has 0 aliphatic rings. The number of nitrogens with one attached hydrogen (secondary N) is 2. The van der Waals surface area contributed by atoms with Crippen molar-refractivity contribution in [3.05, 3.63) is 60.2 Å². The lowest BCUT2D eigenvalue weighted by Crippen LogP contribution is -2.35. The van der Waals surface area contributed by atoms with Crippen molar-refractivity contribution in [1.29, 1.82) is 0 Å². The molecule has 1 atom stereocenters. The van der Waals surface area contributed by atoms with Crippen LogP contribution in [-0.2, 0) is 4.79 Å². The van der Waals surface area contributed by atoms with Gasteiger partial charge >= 0.3 is 0 Å². The molecule has 7 nitrogen and oxygen atoms in total. The lowest BCUT2D eigenvalue weighted by atomic mass is 10.1. The van der Waals surface area contributed by atoms with Crippen molar-refractivity contribution in [2.24, 2.45) is 0 Å². The smallest absolute Gasteiger partial charge is 0.230 e. The second kappa shape index (κ2) is 10.1. The molecule has 1 amide bonds. The van der Waals surface area contributed by atoms with Crippen molar-refractivity contribution in [1.82, 2.24) is 25.4 Å². The number of amides is 1. The molecule has 1 heterocycles. The van der Waals surface area contributed by atoms with Gasteiger partial charge in [0.05, 0.1) is 18.9 Å². The summed E-state index contributed by atoms with van der Waals surface area (Å²) in [6, 6.07) is 17.8. The first-order chi connectivity index (χ1) is 14.1. The van der Waals surface area contributed by atoms with E-state index < -0.39 is 0 Å². The van der Waals surface area contributed by atoms with Crippen LogP contribution in [0.3, 0.4) is 0 Å². The number of hydrogen-bond donors (Lipinski definition) is 2. The fourth-order valence-electron chi connectivity index (χ4n) is 2.85. The van der Waals surface area contributed by atoms with Gasteiger partial charge in [0.2, 0.25) is 11.1 Å². The van der Waals surface area contributed by atoms with Crippen LogP contribution in [0.2, 0.25) is 0 Å². The maximum absolute atomic E-state index is 12.3. The van der Waals surface area contributed by atoms with Crippen molar-refractivity contribution in [2.45, 2.75) is 11.2 Å². The highest BCUT2D eigenvalue weighted by Gasteiger charge is 2.15. The Balaban J connectivity index is 1.51. The van der Waals surface area contributed by atoms with E-state index in [0.717, 1.165) is 11.3 Å². The third-order valence-corrected chi connectivity index (χ3v) is 5.31. The molecule has 152 valence electrons. The zero-order chi connectivity index (χ0) is 20.6. The molecule has 0 bridgehead atoms. The van der Waals surface area contributed by atoms with Crippen molar-refractivity contribution < 1.29 is 9.53 Å². The number of aromatic amines is 1. The number of carbonyl (C=O) groups is 1. The molecule has 2 N–H and O–H groups in total. The molecule has 8 heteroatoms. The molecule has 1 aromatic heterocycles. The fourth-order valence-corrected chi connectivity index (χ4v) is 3.48. The first-order valence-electron chi connectivity index (χ1n) is 9.24. The SMILES string of the molecule is COc1ccc(-c2nc(SCC(=O)NC[C@@H](c3ccccc3)N(C)C)n[nH]2)cc1. The van der Waals surface area contributed by atoms with Gasteiger partial charge in [0.25, 0.3) is 0 Å². The van der Waals surface area contributed by atoms with E-state index in [1.54, 1.807) is 7.11 Å². The van der Waals surface area contributed by atoms with Crippen molar-refractivity contribution in [3.8, 4) is 17.1 Å². The molecule has 29 heavy (non-hydrogen) atoms. The number of hydrogen-bond acceptors (Lipinski definition) is 6. The number of aromatic nitrogens is 3. The largest absolute Gasteiger partial charge is 0.497 e. The normalized spacial score (nSPS) is 12.0. The third-order valence-electron chi connectivity index (χ3n) is 4.46. The summed E-state index contributed by atoms with van der Waals surface area (Å²) in [6.45, 7) is 0.543. The van der Waals surface area contributed by atoms with E-state index in [-0.39, 0.29) is 17.7 Å². The summed E-state index contributed by atoms with van der Waals surface area (Å²) in [5.41, 5.74) is 2.08. The zero-order valence-electron chi connectivity index (χ0n) is 16.8. The first-order valence-corrected chi connectivity index (χ1v) is 10.2. The molecule has 2 aromatic carbocycles. The predicted octanol–water partition coefficient (Wildman–Crippen LogP) is 2.99. The summed E-state index contributed by atoms with van der Waals surface area (Å²) in [5.74, 6) is 1.65. The molecule has 3 rings (SSSR count). The van der Waals surface area contributed by atoms with Crippen LogP contribution < -0.4 is 10.1 Å². The van der Waals surface area contributed by atoms with E-state index in [1.165, 1.54) is 17.3 Å². The Kier molecular flexibility index (Phi) is 7.26. The van der Waals surface area contributed by atoms with Crippen LogP contribution in [0.4, 0.5) is 0 Å². The van der Waals surface area contributed by atoms with Crippen molar-refractivity contribution in [2.75, 3.05) is 33.5 Å². The number of nitrogens with zero attached hydrogens (tertiary/aromatic N) is 3. The molecule has 0 spiro atoms. The number of ether oxygens (including phenoxy) is 1. The Bertz CT molecular complexity index is 912. The number of likely N-dealkylation sites (N-methyl/N-ethyl adjacent to an activating group) is 1. The standard InChI is InChI=1S/C21H25N5O2S/c1-26(2)18(15-7-5-4-6-8-15)13-22-19(27)14-29-21-23-20(24-25-21)16-9-11-17(28-3)12-10-16/h4-12,18H,13-14H2,1-3H3,(H,22,27)(H,23,24,25)/t18-/m0/s1. The summed E-state index contributed by atoms with van der Waals surface area (Å²) in [6.07, 6.45) is 0. The van der Waals surface area contributed by atoms with Gasteiger partial charge in [-0.15, -0.1) is 5.10 Å². The van der Waals surface area contributed by atoms with E-state index in [1.807, 2.05) is 56.6 Å². The Morgan fingerprint density at radius 1 is 1.17 bits per heavy atom. The number of methoxy groups -OCH3 is 1. The molecule has 0 unspecified atom stereocenters. The van der Waals surface area contributed by atoms with Gasteiger partial charge in [-0.2, -0.15) is 0 Å². The van der Waals surface area contributed by atoms with Gasteiger partial charge in [-0.3, -0.25) is 9.89 Å². The minimum atomic E-state index is -0.0476. The van der Waals surface area contributed by atoms with Gasteiger partial charge in [-0.05, 0) is 43.9 Å². The average Bonchev–Trinajstić information content (AvgIpc) is 3.22. The minimum absolute atomic E-state index is 0.0476. The predicted molar refractivity (Wildman–Crippen MR) is 115 cm³/mol. The van der Waals surface area contributed by atoms with Gasteiger partial charge < -0.3 is 15.0 Å². The van der Waals surface area contributed by atoms with E-state index in [4.69, 9.17) is 4.74 Å². The van der Waals surface area contributed by atoms with Gasteiger partial charge in [-0.1, -0.05) is 42.1 Å². The highest BCUT2D eigenvalue weighted by molar-refractivity contribution is 7.99. The maximum atomic E-state index is 12.3. The summed E-state index contributed by atoms with van der Waals surface area (Å²) in [7, 11) is 5.64. The molecule has 0 radical (unpaired) electrons. The third kappa shape index (κ3) is 5.82. The van der Waals surface area contributed by atoms with Crippen LogP contribution in [0.1, 0.15) is 11.6 Å². The molecular formula is C21H25N5O2S. The molecule has 0 aliphatic heterocycles. The molecule has 0 aliphatic carbocycles. The lowest BCUT2D eigenvalue weighted by Gasteiger charge is -2.25. The van der Waals surface area contributed by atoms with Crippen LogP contribution >= 0.6 is 11.8 Å². The number of carbonyl (C=O) groups excluding carboxylic acids is 1.